The number of nitrogens with zero attached hydrogens (tertiary/aromatic N) is 1. The Kier molecular flexibility index (Phi) is 6.00. The number of hydrogen-bond acceptors (Lipinski definition) is 5. The molecule has 152 valence electrons. The molecule has 0 bridgehead atoms. The Morgan fingerprint density at radius 1 is 1.17 bits per heavy atom. The standard InChI is InChI=1S/C20H22N4O4S/c1-4-13-6-5-7-15(10-13)22-20(25)17-12-16(23-24-17)14-8-9-18(28-3)19(11-14)29(26,27)21-2/h5-12,21H,4H2,1-3H3,(H,22,25)(H,23,24). The van der Waals surface area contributed by atoms with E-state index in [1.54, 1.807) is 18.2 Å². The van der Waals surface area contributed by atoms with Crippen LogP contribution in [0.4, 0.5) is 5.69 Å². The summed E-state index contributed by atoms with van der Waals surface area (Å²) in [5, 5.41) is 9.67. The van der Waals surface area contributed by atoms with Crippen LogP contribution in [0, 0.1) is 0 Å². The summed E-state index contributed by atoms with van der Waals surface area (Å²) >= 11 is 0. The molecule has 0 atom stereocenters. The fourth-order valence-corrected chi connectivity index (χ4v) is 3.73. The lowest BCUT2D eigenvalue weighted by molar-refractivity contribution is 0.102. The molecule has 0 radical (unpaired) electrons. The first kappa shape index (κ1) is 20.6. The second-order valence-corrected chi connectivity index (χ2v) is 8.10. The number of carbonyl (C=O) groups excluding carboxylic acids is 1. The maximum Gasteiger partial charge on any atom is 0.273 e. The van der Waals surface area contributed by atoms with Crippen molar-refractivity contribution < 1.29 is 17.9 Å². The molecule has 1 amide bonds. The minimum absolute atomic E-state index is 0.00891. The van der Waals surface area contributed by atoms with Crippen molar-refractivity contribution in [1.82, 2.24) is 14.9 Å². The lowest BCUT2D eigenvalue weighted by atomic mass is 10.1. The van der Waals surface area contributed by atoms with Gasteiger partial charge in [0, 0.05) is 11.3 Å². The highest BCUT2D eigenvalue weighted by Crippen LogP contribution is 2.29. The first-order valence-electron chi connectivity index (χ1n) is 8.95. The molecule has 1 aromatic heterocycles. The second-order valence-electron chi connectivity index (χ2n) is 6.25. The van der Waals surface area contributed by atoms with Crippen molar-refractivity contribution in [2.75, 3.05) is 19.5 Å². The van der Waals surface area contributed by atoms with Crippen LogP contribution in [0.1, 0.15) is 23.0 Å². The Hall–Kier alpha value is -3.17. The lowest BCUT2D eigenvalue weighted by Crippen LogP contribution is -2.19. The van der Waals surface area contributed by atoms with E-state index in [1.165, 1.54) is 20.2 Å². The molecule has 0 fully saturated rings. The Morgan fingerprint density at radius 3 is 2.66 bits per heavy atom. The van der Waals surface area contributed by atoms with Gasteiger partial charge in [0.2, 0.25) is 10.0 Å². The fourth-order valence-electron chi connectivity index (χ4n) is 2.81. The predicted molar refractivity (Wildman–Crippen MR) is 111 cm³/mol. The molecule has 0 saturated heterocycles. The average Bonchev–Trinajstić information content (AvgIpc) is 3.24. The molecule has 0 saturated carbocycles. The number of sulfonamides is 1. The van der Waals surface area contributed by atoms with Crippen molar-refractivity contribution in [1.29, 1.82) is 0 Å². The minimum Gasteiger partial charge on any atom is -0.495 e. The third-order valence-corrected chi connectivity index (χ3v) is 5.87. The summed E-state index contributed by atoms with van der Waals surface area (Å²) in [6.45, 7) is 2.04. The van der Waals surface area contributed by atoms with Gasteiger partial charge in [0.1, 0.15) is 16.3 Å². The molecule has 0 unspecified atom stereocenters. The topological polar surface area (TPSA) is 113 Å². The largest absolute Gasteiger partial charge is 0.495 e. The number of anilines is 1. The molecule has 8 nitrogen and oxygen atoms in total. The highest BCUT2D eigenvalue weighted by Gasteiger charge is 2.20. The van der Waals surface area contributed by atoms with E-state index in [0.717, 1.165) is 12.0 Å². The summed E-state index contributed by atoms with van der Waals surface area (Å²) in [5.74, 6) is -0.124. The zero-order valence-electron chi connectivity index (χ0n) is 16.3. The number of benzene rings is 2. The van der Waals surface area contributed by atoms with Crippen LogP contribution in [-0.2, 0) is 16.4 Å². The van der Waals surface area contributed by atoms with Gasteiger partial charge < -0.3 is 10.1 Å². The average molecular weight is 414 g/mol. The van der Waals surface area contributed by atoms with Gasteiger partial charge in [-0.2, -0.15) is 5.10 Å². The first-order valence-corrected chi connectivity index (χ1v) is 10.4. The molecule has 0 spiro atoms. The summed E-state index contributed by atoms with van der Waals surface area (Å²) < 4.78 is 31.9. The van der Waals surface area contributed by atoms with E-state index in [0.29, 0.717) is 16.9 Å². The maximum absolute atomic E-state index is 12.5. The summed E-state index contributed by atoms with van der Waals surface area (Å²) in [4.78, 5) is 12.5. The molecule has 3 aromatic rings. The molecule has 9 heteroatoms. The Bertz CT molecular complexity index is 1140. The minimum atomic E-state index is -3.72. The van der Waals surface area contributed by atoms with Crippen molar-refractivity contribution in [2.45, 2.75) is 18.2 Å². The summed E-state index contributed by atoms with van der Waals surface area (Å²) in [7, 11) is -0.998. The third-order valence-electron chi connectivity index (χ3n) is 4.43. The van der Waals surface area contributed by atoms with Crippen molar-refractivity contribution in [2.24, 2.45) is 0 Å². The SMILES string of the molecule is CCc1cccc(NC(=O)c2cc(-c3ccc(OC)c(S(=O)(=O)NC)c3)n[nH]2)c1. The number of rotatable bonds is 7. The van der Waals surface area contributed by atoms with Crippen LogP contribution >= 0.6 is 0 Å². The van der Waals surface area contributed by atoms with Gasteiger partial charge >= 0.3 is 0 Å². The van der Waals surface area contributed by atoms with Crippen LogP contribution in [-0.4, -0.2) is 38.7 Å². The molecule has 2 aromatic carbocycles. The Morgan fingerprint density at radius 2 is 1.97 bits per heavy atom. The summed E-state index contributed by atoms with van der Waals surface area (Å²) in [6, 6.07) is 13.8. The van der Waals surface area contributed by atoms with Gasteiger partial charge in [-0.3, -0.25) is 9.89 Å². The molecular weight excluding hydrogens is 392 g/mol. The number of aromatic nitrogens is 2. The van der Waals surface area contributed by atoms with Gasteiger partial charge in [0.05, 0.1) is 12.8 Å². The van der Waals surface area contributed by atoms with Gasteiger partial charge in [-0.25, -0.2) is 13.1 Å². The Labute approximate surface area is 169 Å². The molecule has 0 aliphatic heterocycles. The highest BCUT2D eigenvalue weighted by molar-refractivity contribution is 7.89. The summed E-state index contributed by atoms with van der Waals surface area (Å²) in [6.07, 6.45) is 0.868. The normalized spacial score (nSPS) is 11.3. The molecule has 1 heterocycles. The van der Waals surface area contributed by atoms with Crippen molar-refractivity contribution >= 4 is 21.6 Å². The van der Waals surface area contributed by atoms with Crippen LogP contribution in [0.2, 0.25) is 0 Å². The van der Waals surface area contributed by atoms with Gasteiger partial charge in [-0.1, -0.05) is 19.1 Å². The van der Waals surface area contributed by atoms with Crippen LogP contribution in [0.3, 0.4) is 0 Å². The van der Waals surface area contributed by atoms with Crippen LogP contribution in [0.25, 0.3) is 11.3 Å². The molecule has 0 aliphatic carbocycles. The molecule has 29 heavy (non-hydrogen) atoms. The van der Waals surface area contributed by atoms with Gasteiger partial charge in [0.25, 0.3) is 5.91 Å². The number of aryl methyl sites for hydroxylation is 1. The number of hydrogen-bond donors (Lipinski definition) is 3. The zero-order chi connectivity index (χ0) is 21.0. The van der Waals surface area contributed by atoms with Gasteiger partial charge in [0.15, 0.2) is 0 Å². The summed E-state index contributed by atoms with van der Waals surface area (Å²) in [5.41, 5.74) is 3.04. The van der Waals surface area contributed by atoms with E-state index >= 15 is 0 Å². The first-order chi connectivity index (χ1) is 13.9. The Balaban J connectivity index is 1.87. The number of nitrogens with one attached hydrogen (secondary N) is 3. The third kappa shape index (κ3) is 4.47. The van der Waals surface area contributed by atoms with Gasteiger partial charge in [-0.15, -0.1) is 0 Å². The van der Waals surface area contributed by atoms with E-state index in [4.69, 9.17) is 4.74 Å². The van der Waals surface area contributed by atoms with E-state index in [-0.39, 0.29) is 22.2 Å². The van der Waals surface area contributed by atoms with E-state index in [9.17, 15) is 13.2 Å². The second kappa shape index (κ2) is 8.46. The van der Waals surface area contributed by atoms with Crippen LogP contribution in [0.5, 0.6) is 5.75 Å². The number of ether oxygens (including phenoxy) is 1. The van der Waals surface area contributed by atoms with Crippen LogP contribution < -0.4 is 14.8 Å². The fraction of sp³-hybridized carbons (Fsp3) is 0.200. The van der Waals surface area contributed by atoms with Crippen molar-refractivity contribution in [3.8, 4) is 17.0 Å². The molecule has 3 N–H and O–H groups in total. The smallest absolute Gasteiger partial charge is 0.273 e. The number of carbonyl (C=O) groups is 1. The van der Waals surface area contributed by atoms with E-state index in [2.05, 4.69) is 20.2 Å². The molecular formula is C20H22N4O4S. The predicted octanol–water partition coefficient (Wildman–Crippen LogP) is 2.81. The lowest BCUT2D eigenvalue weighted by Gasteiger charge is -2.09. The van der Waals surface area contributed by atoms with Crippen molar-refractivity contribution in [3.05, 3.63) is 59.8 Å². The number of methoxy groups -OCH3 is 1. The van der Waals surface area contributed by atoms with Crippen LogP contribution in [0.15, 0.2) is 53.4 Å². The monoisotopic (exact) mass is 414 g/mol. The van der Waals surface area contributed by atoms with Gasteiger partial charge in [-0.05, 0) is 55.4 Å². The quantitative estimate of drug-likeness (QED) is 0.550. The highest BCUT2D eigenvalue weighted by atomic mass is 32.2. The van der Waals surface area contributed by atoms with E-state index in [1.807, 2.05) is 31.2 Å². The maximum atomic E-state index is 12.5. The number of amides is 1. The number of H-pyrrole nitrogens is 1. The van der Waals surface area contributed by atoms with E-state index < -0.39 is 10.0 Å². The molecule has 0 aliphatic rings. The van der Waals surface area contributed by atoms with Crippen molar-refractivity contribution in [3.63, 3.8) is 0 Å². The number of aromatic amines is 1. The molecule has 3 rings (SSSR count). The zero-order valence-corrected chi connectivity index (χ0v) is 17.1.